The molecule has 0 radical (unpaired) electrons. The van der Waals surface area contributed by atoms with Crippen molar-refractivity contribution in [3.05, 3.63) is 0 Å². The van der Waals surface area contributed by atoms with Crippen molar-refractivity contribution in [1.29, 1.82) is 0 Å². The summed E-state index contributed by atoms with van der Waals surface area (Å²) in [5.41, 5.74) is 1.35. The summed E-state index contributed by atoms with van der Waals surface area (Å²) in [6.45, 7) is 5.36. The lowest BCUT2D eigenvalue weighted by Gasteiger charge is -2.44. The summed E-state index contributed by atoms with van der Waals surface area (Å²) in [6.07, 6.45) is 17.8. The first-order valence-electron chi connectivity index (χ1n) is 9.63. The number of nitrogens with zero attached hydrogens (tertiary/aromatic N) is 1. The fraction of sp³-hybridized carbons (Fsp3) is 1.00. The van der Waals surface area contributed by atoms with Crippen molar-refractivity contribution in [2.24, 2.45) is 10.8 Å². The summed E-state index contributed by atoms with van der Waals surface area (Å²) in [6, 6.07) is 0. The van der Waals surface area contributed by atoms with Crippen LogP contribution in [-0.4, -0.2) is 38.1 Å². The Morgan fingerprint density at radius 1 is 0.762 bits per heavy atom. The second-order valence-corrected chi connectivity index (χ2v) is 8.43. The Bertz CT molecular complexity index is 302. The maximum absolute atomic E-state index is 3.52. The molecule has 0 amide bonds. The first-order valence-corrected chi connectivity index (χ1v) is 9.63. The lowest BCUT2D eigenvalue weighted by Crippen LogP contribution is -2.47. The summed E-state index contributed by atoms with van der Waals surface area (Å²) in [7, 11) is 2.15. The van der Waals surface area contributed by atoms with E-state index in [1.54, 1.807) is 0 Å². The first-order chi connectivity index (χ1) is 10.3. The highest BCUT2D eigenvalue weighted by molar-refractivity contribution is 4.93. The molecule has 1 N–H and O–H groups in total. The van der Waals surface area contributed by atoms with Crippen LogP contribution in [0.25, 0.3) is 0 Å². The zero-order valence-electron chi connectivity index (χ0n) is 14.3. The molecule has 0 bridgehead atoms. The lowest BCUT2D eigenvalue weighted by molar-refractivity contribution is 0.0608. The summed E-state index contributed by atoms with van der Waals surface area (Å²) in [5, 5.41) is 3.52. The van der Waals surface area contributed by atoms with Crippen molar-refractivity contribution in [2.45, 2.75) is 77.0 Å². The van der Waals surface area contributed by atoms with Gasteiger partial charge in [0.05, 0.1) is 0 Å². The average Bonchev–Trinajstić information content (AvgIpc) is 2.82. The van der Waals surface area contributed by atoms with Gasteiger partial charge in [-0.3, -0.25) is 0 Å². The fourth-order valence-corrected chi connectivity index (χ4v) is 5.53. The second kappa shape index (κ2) is 7.00. The third-order valence-electron chi connectivity index (χ3n) is 6.86. The molecular formula is C19H36N2. The zero-order valence-corrected chi connectivity index (χ0v) is 14.3. The summed E-state index contributed by atoms with van der Waals surface area (Å²) in [4.78, 5) is 2.83. The van der Waals surface area contributed by atoms with Crippen molar-refractivity contribution in [2.75, 3.05) is 33.2 Å². The molecular weight excluding hydrogens is 256 g/mol. The van der Waals surface area contributed by atoms with Gasteiger partial charge in [-0.2, -0.15) is 0 Å². The van der Waals surface area contributed by atoms with E-state index in [2.05, 4.69) is 17.3 Å². The van der Waals surface area contributed by atoms with Gasteiger partial charge in [-0.1, -0.05) is 38.5 Å². The predicted octanol–water partition coefficient (Wildman–Crippen LogP) is 4.20. The van der Waals surface area contributed by atoms with Gasteiger partial charge >= 0.3 is 0 Å². The van der Waals surface area contributed by atoms with E-state index in [1.165, 1.54) is 103 Å². The number of piperidine rings is 1. The van der Waals surface area contributed by atoms with Crippen LogP contribution in [0.15, 0.2) is 0 Å². The van der Waals surface area contributed by atoms with Crippen LogP contribution < -0.4 is 5.32 Å². The van der Waals surface area contributed by atoms with Crippen LogP contribution in [-0.2, 0) is 0 Å². The van der Waals surface area contributed by atoms with Crippen LogP contribution >= 0.6 is 0 Å². The van der Waals surface area contributed by atoms with E-state index in [-0.39, 0.29) is 0 Å². The van der Waals surface area contributed by atoms with Gasteiger partial charge in [0, 0.05) is 13.1 Å². The molecule has 3 aliphatic rings. The highest BCUT2D eigenvalue weighted by Gasteiger charge is 2.39. The van der Waals surface area contributed by atoms with Gasteiger partial charge in [0.1, 0.15) is 0 Å². The van der Waals surface area contributed by atoms with Gasteiger partial charge in [0.15, 0.2) is 0 Å². The van der Waals surface area contributed by atoms with Crippen LogP contribution in [0, 0.1) is 10.8 Å². The molecule has 0 unspecified atom stereocenters. The summed E-state index contributed by atoms with van der Waals surface area (Å²) in [5.74, 6) is 0. The molecule has 2 saturated carbocycles. The molecule has 1 aliphatic heterocycles. The zero-order chi connectivity index (χ0) is 14.6. The van der Waals surface area contributed by atoms with Crippen molar-refractivity contribution in [1.82, 2.24) is 10.2 Å². The first kappa shape index (κ1) is 15.8. The van der Waals surface area contributed by atoms with Gasteiger partial charge in [-0.05, 0) is 69.5 Å². The number of hydrogen-bond acceptors (Lipinski definition) is 2. The Morgan fingerprint density at radius 2 is 1.33 bits per heavy atom. The topological polar surface area (TPSA) is 15.3 Å². The van der Waals surface area contributed by atoms with Gasteiger partial charge in [0.2, 0.25) is 0 Å². The third kappa shape index (κ3) is 3.82. The monoisotopic (exact) mass is 292 g/mol. The van der Waals surface area contributed by atoms with E-state index in [0.29, 0.717) is 5.41 Å². The highest BCUT2D eigenvalue weighted by atomic mass is 15.1. The van der Waals surface area contributed by atoms with Crippen LogP contribution in [0.4, 0.5) is 0 Å². The van der Waals surface area contributed by atoms with Crippen LogP contribution in [0.1, 0.15) is 77.0 Å². The number of rotatable bonds is 4. The van der Waals surface area contributed by atoms with Gasteiger partial charge < -0.3 is 10.2 Å². The minimum absolute atomic E-state index is 0.575. The molecule has 0 atom stereocenters. The van der Waals surface area contributed by atoms with Crippen LogP contribution in [0.2, 0.25) is 0 Å². The summed E-state index contributed by atoms with van der Waals surface area (Å²) >= 11 is 0. The minimum atomic E-state index is 0.575. The van der Waals surface area contributed by atoms with Gasteiger partial charge in [-0.25, -0.2) is 0 Å². The average molecular weight is 293 g/mol. The summed E-state index contributed by atoms with van der Waals surface area (Å²) < 4.78 is 0. The number of nitrogens with one attached hydrogen (secondary N) is 1. The molecule has 122 valence electrons. The molecule has 2 aliphatic carbocycles. The fourth-order valence-electron chi connectivity index (χ4n) is 5.53. The largest absolute Gasteiger partial charge is 0.319 e. The highest BCUT2D eigenvalue weighted by Crippen LogP contribution is 2.46. The quantitative estimate of drug-likeness (QED) is 0.781. The van der Waals surface area contributed by atoms with Crippen LogP contribution in [0.3, 0.4) is 0 Å². The Labute approximate surface area is 132 Å². The Balaban J connectivity index is 1.56. The second-order valence-electron chi connectivity index (χ2n) is 8.43. The molecule has 1 saturated heterocycles. The Kier molecular flexibility index (Phi) is 5.27. The molecule has 1 heterocycles. The molecule has 0 aromatic heterocycles. The molecule has 1 spiro atoms. The number of hydrogen-bond donors (Lipinski definition) is 1. The van der Waals surface area contributed by atoms with Gasteiger partial charge in [-0.15, -0.1) is 0 Å². The molecule has 21 heavy (non-hydrogen) atoms. The van der Waals surface area contributed by atoms with E-state index in [4.69, 9.17) is 0 Å². The Hall–Kier alpha value is -0.0800. The van der Waals surface area contributed by atoms with E-state index in [9.17, 15) is 0 Å². The van der Waals surface area contributed by atoms with E-state index in [0.717, 1.165) is 5.41 Å². The maximum Gasteiger partial charge on any atom is 0.00501 e. The van der Waals surface area contributed by atoms with Crippen molar-refractivity contribution < 1.29 is 0 Å². The standard InChI is InChI=1S/C19H36N2/c1-20-16-19(10-4-2-3-5-11-19)17-21-14-12-18(13-15-21)8-6-7-9-18/h20H,2-17H2,1H3. The molecule has 2 heteroatoms. The third-order valence-corrected chi connectivity index (χ3v) is 6.86. The van der Waals surface area contributed by atoms with Crippen molar-refractivity contribution in [3.8, 4) is 0 Å². The lowest BCUT2D eigenvalue weighted by atomic mass is 9.75. The van der Waals surface area contributed by atoms with Crippen molar-refractivity contribution >= 4 is 0 Å². The van der Waals surface area contributed by atoms with E-state index in [1.807, 2.05) is 0 Å². The van der Waals surface area contributed by atoms with E-state index >= 15 is 0 Å². The normalized spacial score (nSPS) is 29.6. The van der Waals surface area contributed by atoms with Gasteiger partial charge in [0.25, 0.3) is 0 Å². The van der Waals surface area contributed by atoms with Crippen molar-refractivity contribution in [3.63, 3.8) is 0 Å². The Morgan fingerprint density at radius 3 is 1.90 bits per heavy atom. The SMILES string of the molecule is CNCC1(CN2CCC3(CCCC3)CC2)CCCCCC1. The molecule has 3 rings (SSSR count). The maximum atomic E-state index is 3.52. The number of likely N-dealkylation sites (tertiary alicyclic amines) is 1. The van der Waals surface area contributed by atoms with Crippen LogP contribution in [0.5, 0.6) is 0 Å². The molecule has 0 aromatic rings. The minimum Gasteiger partial charge on any atom is -0.319 e. The molecule has 3 fully saturated rings. The molecule has 2 nitrogen and oxygen atoms in total. The predicted molar refractivity (Wildman–Crippen MR) is 90.6 cm³/mol. The smallest absolute Gasteiger partial charge is 0.00501 e. The van der Waals surface area contributed by atoms with E-state index < -0.39 is 0 Å². The molecule has 0 aromatic carbocycles.